The van der Waals surface area contributed by atoms with Gasteiger partial charge in [-0.3, -0.25) is 9.20 Å². The largest absolute Gasteiger partial charge is 0.361 e. The summed E-state index contributed by atoms with van der Waals surface area (Å²) in [5, 5.41) is 7.91. The second-order valence-corrected chi connectivity index (χ2v) is 8.53. The van der Waals surface area contributed by atoms with Crippen molar-refractivity contribution < 1.29 is 4.21 Å². The van der Waals surface area contributed by atoms with E-state index >= 15 is 0 Å². The summed E-state index contributed by atoms with van der Waals surface area (Å²) in [6.07, 6.45) is 4.04. The Balaban J connectivity index is 0.00000320. The molecule has 0 aliphatic carbocycles. The van der Waals surface area contributed by atoms with Gasteiger partial charge in [-0.1, -0.05) is 55.5 Å². The second kappa shape index (κ2) is 12.7. The van der Waals surface area contributed by atoms with E-state index in [1.54, 1.807) is 7.05 Å². The van der Waals surface area contributed by atoms with E-state index in [2.05, 4.69) is 51.9 Å². The Bertz CT molecular complexity index is 972. The van der Waals surface area contributed by atoms with Crippen LogP contribution in [0.4, 0.5) is 0 Å². The lowest BCUT2D eigenvalue weighted by molar-refractivity contribution is 0.680. The molecule has 3 aromatic rings. The maximum atomic E-state index is 12.2. The van der Waals surface area contributed by atoms with Gasteiger partial charge in [0.25, 0.3) is 0 Å². The molecular weight excluding hydrogens is 507 g/mol. The van der Waals surface area contributed by atoms with Gasteiger partial charge in [0, 0.05) is 59.5 Å². The molecule has 7 heteroatoms. The molecule has 0 spiro atoms. The topological polar surface area (TPSA) is 69.3 Å². The molecule has 0 fully saturated rings. The zero-order valence-electron chi connectivity index (χ0n) is 17.6. The summed E-state index contributed by atoms with van der Waals surface area (Å²) in [5.74, 6) is 1.93. The van der Waals surface area contributed by atoms with Crippen molar-refractivity contribution in [3.05, 3.63) is 71.4 Å². The lowest BCUT2D eigenvalue weighted by atomic mass is 10.1. The summed E-state index contributed by atoms with van der Waals surface area (Å²) >= 11 is 0. The first kappa shape index (κ1) is 24.4. The van der Waals surface area contributed by atoms with Crippen LogP contribution in [0.15, 0.2) is 59.7 Å². The first-order chi connectivity index (χ1) is 14.2. The van der Waals surface area contributed by atoms with Gasteiger partial charge in [-0.05, 0) is 29.5 Å². The highest BCUT2D eigenvalue weighted by Crippen LogP contribution is 2.22. The fourth-order valence-corrected chi connectivity index (χ4v) is 4.47. The molecule has 0 bridgehead atoms. The number of benzene rings is 2. The van der Waals surface area contributed by atoms with Crippen LogP contribution in [0.2, 0.25) is 0 Å². The Morgan fingerprint density at radius 3 is 2.53 bits per heavy atom. The highest BCUT2D eigenvalue weighted by molar-refractivity contribution is 14.0. The van der Waals surface area contributed by atoms with Crippen molar-refractivity contribution in [2.45, 2.75) is 25.5 Å². The van der Waals surface area contributed by atoms with Crippen molar-refractivity contribution >= 4 is 51.6 Å². The number of hydrogen-bond acceptors (Lipinski definition) is 2. The number of hydrogen-bond donors (Lipinski definition) is 3. The Morgan fingerprint density at radius 1 is 1.03 bits per heavy atom. The second-order valence-electron chi connectivity index (χ2n) is 6.96. The summed E-state index contributed by atoms with van der Waals surface area (Å²) in [6, 6.07) is 16.4. The highest BCUT2D eigenvalue weighted by atomic mass is 127. The maximum Gasteiger partial charge on any atom is 0.191 e. The summed E-state index contributed by atoms with van der Waals surface area (Å²) < 4.78 is 12.2. The summed E-state index contributed by atoms with van der Waals surface area (Å²) in [4.78, 5) is 7.68. The van der Waals surface area contributed by atoms with Crippen LogP contribution in [0, 0.1) is 0 Å². The number of H-pyrrole nitrogens is 1. The number of aromatic amines is 1. The van der Waals surface area contributed by atoms with E-state index < -0.39 is 10.8 Å². The van der Waals surface area contributed by atoms with Crippen molar-refractivity contribution in [2.24, 2.45) is 4.99 Å². The van der Waals surface area contributed by atoms with E-state index in [0.29, 0.717) is 18.1 Å². The van der Waals surface area contributed by atoms with E-state index in [4.69, 9.17) is 0 Å². The Hall–Kier alpha value is -1.87. The van der Waals surface area contributed by atoms with Gasteiger partial charge in [0.2, 0.25) is 0 Å². The van der Waals surface area contributed by atoms with E-state index in [0.717, 1.165) is 30.9 Å². The molecule has 3 N–H and O–H groups in total. The molecule has 1 heterocycles. The van der Waals surface area contributed by atoms with Gasteiger partial charge in [-0.25, -0.2) is 0 Å². The molecule has 5 nitrogen and oxygen atoms in total. The van der Waals surface area contributed by atoms with E-state index in [1.807, 2.05) is 30.3 Å². The zero-order valence-corrected chi connectivity index (χ0v) is 20.8. The van der Waals surface area contributed by atoms with Crippen molar-refractivity contribution in [1.29, 1.82) is 0 Å². The fraction of sp³-hybridized carbons (Fsp3) is 0.348. The molecule has 1 unspecified atom stereocenters. The van der Waals surface area contributed by atoms with Gasteiger partial charge in [0.15, 0.2) is 5.96 Å². The number of guanidine groups is 1. The third-order valence-corrected chi connectivity index (χ3v) is 6.29. The van der Waals surface area contributed by atoms with Gasteiger partial charge < -0.3 is 15.6 Å². The fourth-order valence-electron chi connectivity index (χ4n) is 3.43. The predicted octanol–water partition coefficient (Wildman–Crippen LogP) is 4.00. The maximum absolute atomic E-state index is 12.2. The number of fused-ring (bicyclic) bond motifs is 1. The predicted molar refractivity (Wildman–Crippen MR) is 139 cm³/mol. The lowest BCUT2D eigenvalue weighted by Crippen LogP contribution is -2.40. The van der Waals surface area contributed by atoms with Crippen molar-refractivity contribution in [1.82, 2.24) is 15.6 Å². The van der Waals surface area contributed by atoms with Gasteiger partial charge >= 0.3 is 0 Å². The zero-order chi connectivity index (χ0) is 20.5. The molecule has 30 heavy (non-hydrogen) atoms. The minimum absolute atomic E-state index is 0. The van der Waals surface area contributed by atoms with Gasteiger partial charge in [-0.15, -0.1) is 24.0 Å². The molecule has 0 amide bonds. The average molecular weight is 538 g/mol. The summed E-state index contributed by atoms with van der Waals surface area (Å²) in [6.45, 7) is 3.60. The first-order valence-electron chi connectivity index (χ1n) is 10.1. The van der Waals surface area contributed by atoms with Gasteiger partial charge in [0.1, 0.15) is 0 Å². The molecular formula is C23H31IN4OS. The van der Waals surface area contributed by atoms with Gasteiger partial charge in [-0.2, -0.15) is 0 Å². The molecule has 0 aliphatic heterocycles. The number of nitrogens with one attached hydrogen (secondary N) is 3. The van der Waals surface area contributed by atoms with Crippen LogP contribution in [-0.2, 0) is 29.4 Å². The smallest absolute Gasteiger partial charge is 0.191 e. The molecule has 1 aromatic heterocycles. The number of halogens is 1. The molecule has 0 radical (unpaired) electrons. The number of aromatic nitrogens is 1. The van der Waals surface area contributed by atoms with Crippen LogP contribution < -0.4 is 10.6 Å². The number of para-hydroxylation sites is 1. The molecule has 162 valence electrons. The number of aliphatic imine (C=N–C) groups is 1. The minimum atomic E-state index is -0.888. The number of aryl methyl sites for hydroxylation is 1. The van der Waals surface area contributed by atoms with Crippen LogP contribution in [0.1, 0.15) is 23.6 Å². The van der Waals surface area contributed by atoms with Crippen molar-refractivity contribution in [2.75, 3.05) is 25.9 Å². The molecule has 3 rings (SSSR count). The van der Waals surface area contributed by atoms with E-state index in [9.17, 15) is 4.21 Å². The number of rotatable bonds is 9. The van der Waals surface area contributed by atoms with E-state index in [-0.39, 0.29) is 24.0 Å². The van der Waals surface area contributed by atoms with Crippen LogP contribution in [-0.4, -0.2) is 41.0 Å². The third kappa shape index (κ3) is 6.84. The van der Waals surface area contributed by atoms with E-state index in [1.165, 1.54) is 22.0 Å². The lowest BCUT2D eigenvalue weighted by Gasteiger charge is -2.11. The Kier molecular flexibility index (Phi) is 10.4. The quantitative estimate of drug-likeness (QED) is 0.219. The van der Waals surface area contributed by atoms with Crippen LogP contribution in [0.5, 0.6) is 0 Å². The Labute approximate surface area is 198 Å². The SMILES string of the molecule is CCc1cccc2c(CCNC(=NC)NCCS(=O)Cc3ccccc3)c[nH]c12.I. The van der Waals surface area contributed by atoms with Crippen molar-refractivity contribution in [3.63, 3.8) is 0 Å². The van der Waals surface area contributed by atoms with Crippen molar-refractivity contribution in [3.8, 4) is 0 Å². The molecule has 2 aromatic carbocycles. The third-order valence-electron chi connectivity index (χ3n) is 4.97. The van der Waals surface area contributed by atoms with Crippen LogP contribution in [0.25, 0.3) is 10.9 Å². The first-order valence-corrected chi connectivity index (χ1v) is 11.6. The van der Waals surface area contributed by atoms with Crippen LogP contribution in [0.3, 0.4) is 0 Å². The minimum Gasteiger partial charge on any atom is -0.361 e. The Morgan fingerprint density at radius 2 is 1.80 bits per heavy atom. The number of nitrogens with zero attached hydrogens (tertiary/aromatic N) is 1. The summed E-state index contributed by atoms with van der Waals surface area (Å²) in [5.41, 5.74) is 5.01. The molecule has 0 aliphatic rings. The standard InChI is InChI=1S/C23H30N4OS.HI/c1-3-19-10-7-11-21-20(16-27-22(19)21)12-13-25-23(24-2)26-14-15-29(28)17-18-8-5-4-6-9-18;/h4-11,16,27H,3,12-15,17H2,1-2H3,(H2,24,25,26);1H. The molecule has 0 saturated heterocycles. The monoisotopic (exact) mass is 538 g/mol. The summed E-state index contributed by atoms with van der Waals surface area (Å²) in [7, 11) is 0.872. The van der Waals surface area contributed by atoms with Gasteiger partial charge in [0.05, 0.1) is 0 Å². The molecule has 1 atom stereocenters. The molecule has 0 saturated carbocycles. The van der Waals surface area contributed by atoms with Crippen LogP contribution >= 0.6 is 24.0 Å². The normalized spacial score (nSPS) is 12.4. The highest BCUT2D eigenvalue weighted by Gasteiger charge is 2.07. The average Bonchev–Trinajstić information content (AvgIpc) is 3.16.